The Hall–Kier alpha value is -3.28. The normalized spacial score (nSPS) is 15.6. The quantitative estimate of drug-likeness (QED) is 0.314. The van der Waals surface area contributed by atoms with Crippen molar-refractivity contribution >= 4 is 16.9 Å². The summed E-state index contributed by atoms with van der Waals surface area (Å²) in [4.78, 5) is 25.9. The molecule has 0 amide bonds. The summed E-state index contributed by atoms with van der Waals surface area (Å²) < 4.78 is 22.9. The lowest BCUT2D eigenvalue weighted by Gasteiger charge is -2.18. The van der Waals surface area contributed by atoms with Crippen LogP contribution in [0.4, 0.5) is 0 Å². The van der Waals surface area contributed by atoms with Crippen molar-refractivity contribution in [1.82, 2.24) is 0 Å². The first-order valence-electron chi connectivity index (χ1n) is 12.3. The summed E-state index contributed by atoms with van der Waals surface area (Å²) in [7, 11) is 0. The highest BCUT2D eigenvalue weighted by molar-refractivity contribution is 5.85. The number of fused-ring (bicyclic) bond motifs is 2. The fraction of sp³-hybridized carbons (Fsp3) is 0.429. The second-order valence-corrected chi connectivity index (χ2v) is 9.21. The van der Waals surface area contributed by atoms with Gasteiger partial charge in [0.15, 0.2) is 11.5 Å². The molecule has 34 heavy (non-hydrogen) atoms. The zero-order chi connectivity index (χ0) is 23.5. The molecule has 0 bridgehead atoms. The molecular formula is C28H30O6. The maximum absolute atomic E-state index is 13.4. The summed E-state index contributed by atoms with van der Waals surface area (Å²) >= 11 is 0. The highest BCUT2D eigenvalue weighted by Crippen LogP contribution is 2.35. The van der Waals surface area contributed by atoms with Crippen molar-refractivity contribution in [2.24, 2.45) is 5.92 Å². The van der Waals surface area contributed by atoms with Crippen molar-refractivity contribution in [1.29, 1.82) is 0 Å². The van der Waals surface area contributed by atoms with Gasteiger partial charge in [-0.1, -0.05) is 45.1 Å². The molecule has 1 saturated carbocycles. The number of benzene rings is 2. The number of aryl methyl sites for hydroxylation is 1. The first-order valence-corrected chi connectivity index (χ1v) is 12.3. The molecule has 5 rings (SSSR count). The zero-order valence-electron chi connectivity index (χ0n) is 19.6. The van der Waals surface area contributed by atoms with Crippen LogP contribution in [0.1, 0.15) is 57.4 Å². The van der Waals surface area contributed by atoms with Crippen LogP contribution in [0.5, 0.6) is 17.2 Å². The van der Waals surface area contributed by atoms with E-state index in [0.29, 0.717) is 71.3 Å². The molecule has 0 atom stereocenters. The third kappa shape index (κ3) is 4.67. The SMILES string of the molecule is CCCc1cc2c(=O)c(-c3ccc4c(c3)OCCO4)coc2cc1OC(=O)CCC1CCCC1. The van der Waals surface area contributed by atoms with E-state index in [4.69, 9.17) is 18.6 Å². The van der Waals surface area contributed by atoms with E-state index < -0.39 is 0 Å². The Balaban J connectivity index is 1.44. The van der Waals surface area contributed by atoms with Crippen molar-refractivity contribution < 1.29 is 23.4 Å². The minimum Gasteiger partial charge on any atom is -0.486 e. The highest BCUT2D eigenvalue weighted by Gasteiger charge is 2.20. The van der Waals surface area contributed by atoms with Crippen LogP contribution < -0.4 is 19.6 Å². The summed E-state index contributed by atoms with van der Waals surface area (Å²) in [6.07, 6.45) is 9.27. The van der Waals surface area contributed by atoms with Crippen molar-refractivity contribution in [3.05, 3.63) is 52.4 Å². The molecule has 0 N–H and O–H groups in total. The molecule has 6 nitrogen and oxygen atoms in total. The Labute approximate surface area is 198 Å². The van der Waals surface area contributed by atoms with Gasteiger partial charge in [0.2, 0.25) is 5.43 Å². The van der Waals surface area contributed by atoms with E-state index in [9.17, 15) is 9.59 Å². The Kier molecular flexibility index (Phi) is 6.57. The molecule has 0 unspecified atom stereocenters. The highest BCUT2D eigenvalue weighted by atomic mass is 16.6. The molecule has 2 heterocycles. The molecule has 178 valence electrons. The van der Waals surface area contributed by atoms with Crippen molar-refractivity contribution in [3.63, 3.8) is 0 Å². The monoisotopic (exact) mass is 462 g/mol. The lowest BCUT2D eigenvalue weighted by Crippen LogP contribution is -2.15. The molecule has 1 fully saturated rings. The van der Waals surface area contributed by atoms with Crippen LogP contribution in [0.2, 0.25) is 0 Å². The summed E-state index contributed by atoms with van der Waals surface area (Å²) in [6, 6.07) is 8.94. The molecule has 2 aliphatic rings. The van der Waals surface area contributed by atoms with Gasteiger partial charge in [-0.2, -0.15) is 0 Å². The molecule has 1 aliphatic carbocycles. The third-order valence-corrected chi connectivity index (χ3v) is 6.78. The Morgan fingerprint density at radius 1 is 1.06 bits per heavy atom. The largest absolute Gasteiger partial charge is 0.486 e. The molecular weight excluding hydrogens is 432 g/mol. The molecule has 6 heteroatoms. The van der Waals surface area contributed by atoms with E-state index in [0.717, 1.165) is 18.4 Å². The first-order chi connectivity index (χ1) is 16.6. The number of rotatable bonds is 7. The van der Waals surface area contributed by atoms with Crippen LogP contribution in [-0.2, 0) is 11.2 Å². The summed E-state index contributed by atoms with van der Waals surface area (Å²) in [6.45, 7) is 3.05. The molecule has 1 aromatic heterocycles. The number of ether oxygens (including phenoxy) is 3. The molecule has 0 spiro atoms. The topological polar surface area (TPSA) is 75.0 Å². The summed E-state index contributed by atoms with van der Waals surface area (Å²) in [5.74, 6) is 2.19. The Morgan fingerprint density at radius 2 is 1.85 bits per heavy atom. The Bertz CT molecular complexity index is 1250. The smallest absolute Gasteiger partial charge is 0.311 e. The molecule has 0 saturated heterocycles. The summed E-state index contributed by atoms with van der Waals surface area (Å²) in [5, 5.41) is 0.474. The van der Waals surface area contributed by atoms with Crippen LogP contribution in [0.15, 0.2) is 45.8 Å². The predicted octanol–water partition coefficient (Wildman–Crippen LogP) is 6.06. The predicted molar refractivity (Wildman–Crippen MR) is 130 cm³/mol. The maximum Gasteiger partial charge on any atom is 0.311 e. The van der Waals surface area contributed by atoms with Crippen LogP contribution in [0.3, 0.4) is 0 Å². The number of carbonyl (C=O) groups excluding carboxylic acids is 1. The van der Waals surface area contributed by atoms with Gasteiger partial charge in [-0.3, -0.25) is 9.59 Å². The van der Waals surface area contributed by atoms with E-state index in [1.165, 1.54) is 31.9 Å². The lowest BCUT2D eigenvalue weighted by atomic mass is 10.0. The average molecular weight is 463 g/mol. The minimum absolute atomic E-state index is 0.130. The average Bonchev–Trinajstić information content (AvgIpc) is 3.37. The van der Waals surface area contributed by atoms with Gasteiger partial charge in [0, 0.05) is 12.5 Å². The standard InChI is InChI=1S/C28H30O6/c1-2-5-20-14-21-25(16-24(20)34-27(29)11-8-18-6-3-4-7-18)33-17-22(28(21)30)19-9-10-23-26(15-19)32-13-12-31-23/h9-10,14-18H,2-8,11-13H2,1H3. The van der Waals surface area contributed by atoms with Crippen LogP contribution in [-0.4, -0.2) is 19.2 Å². The molecule has 2 aromatic carbocycles. The minimum atomic E-state index is -0.223. The van der Waals surface area contributed by atoms with Gasteiger partial charge in [0.1, 0.15) is 30.8 Å². The van der Waals surface area contributed by atoms with Gasteiger partial charge in [-0.15, -0.1) is 0 Å². The second kappa shape index (κ2) is 9.92. The van der Waals surface area contributed by atoms with Crippen LogP contribution in [0, 0.1) is 5.92 Å². The second-order valence-electron chi connectivity index (χ2n) is 9.21. The maximum atomic E-state index is 13.4. The van der Waals surface area contributed by atoms with Gasteiger partial charge in [0.25, 0.3) is 0 Å². The van der Waals surface area contributed by atoms with Gasteiger partial charge >= 0.3 is 5.97 Å². The molecule has 3 aromatic rings. The number of hydrogen-bond acceptors (Lipinski definition) is 6. The van der Waals surface area contributed by atoms with E-state index in [2.05, 4.69) is 6.92 Å². The van der Waals surface area contributed by atoms with Crippen molar-refractivity contribution in [3.8, 4) is 28.4 Å². The van der Waals surface area contributed by atoms with Gasteiger partial charge in [-0.05, 0) is 48.1 Å². The number of carbonyl (C=O) groups is 1. The fourth-order valence-corrected chi connectivity index (χ4v) is 4.97. The van der Waals surface area contributed by atoms with Crippen LogP contribution in [0.25, 0.3) is 22.1 Å². The fourth-order valence-electron chi connectivity index (χ4n) is 4.97. The van der Waals surface area contributed by atoms with E-state index in [1.807, 2.05) is 18.2 Å². The zero-order valence-corrected chi connectivity index (χ0v) is 19.6. The number of hydrogen-bond donors (Lipinski definition) is 0. The molecule has 0 radical (unpaired) electrons. The van der Waals surface area contributed by atoms with Crippen molar-refractivity contribution in [2.75, 3.05) is 13.2 Å². The lowest BCUT2D eigenvalue weighted by molar-refractivity contribution is -0.134. The van der Waals surface area contributed by atoms with Crippen LogP contribution >= 0.6 is 0 Å². The van der Waals surface area contributed by atoms with E-state index in [-0.39, 0.29) is 11.4 Å². The summed E-state index contributed by atoms with van der Waals surface area (Å²) in [5.41, 5.74) is 2.28. The van der Waals surface area contributed by atoms with Gasteiger partial charge < -0.3 is 18.6 Å². The third-order valence-electron chi connectivity index (χ3n) is 6.78. The van der Waals surface area contributed by atoms with Gasteiger partial charge in [0.05, 0.1) is 10.9 Å². The molecule has 1 aliphatic heterocycles. The number of esters is 1. The van der Waals surface area contributed by atoms with E-state index in [1.54, 1.807) is 12.1 Å². The first kappa shape index (κ1) is 22.5. The van der Waals surface area contributed by atoms with Gasteiger partial charge in [-0.25, -0.2) is 0 Å². The van der Waals surface area contributed by atoms with E-state index >= 15 is 0 Å². The van der Waals surface area contributed by atoms with Crippen molar-refractivity contribution in [2.45, 2.75) is 58.3 Å². The Morgan fingerprint density at radius 3 is 2.65 bits per heavy atom.